The van der Waals surface area contributed by atoms with Crippen molar-refractivity contribution in [3.8, 4) is 5.75 Å². The summed E-state index contributed by atoms with van der Waals surface area (Å²) in [4.78, 5) is 24.3. The molecule has 3 heterocycles. The van der Waals surface area contributed by atoms with Crippen molar-refractivity contribution in [1.29, 1.82) is 0 Å². The van der Waals surface area contributed by atoms with Crippen LogP contribution < -0.4 is 15.3 Å². The van der Waals surface area contributed by atoms with E-state index in [9.17, 15) is 14.5 Å². The van der Waals surface area contributed by atoms with Gasteiger partial charge < -0.3 is 29.4 Å². The number of aliphatic carboxylic acids is 1. The van der Waals surface area contributed by atoms with E-state index in [1.807, 2.05) is 25.3 Å². The number of carboxylic acid groups (broad SMARTS) is 1. The standard InChI is InChI=1S/C24H31N6O7P/c1-13-16(10-34-38(33,29-14(2)23(31)32)37-15-8-6-5-7-9-15)19-20(36-24(3,4)35-19)18(13)30-12-28-17-21(25)26-11-27-22(17)30/h5-9,11-14,16,18-20H,10H2,1-4H3,(H,29,33)(H,31,32)(H2,25,26,27)/t13?,14-,16-,18+,19+,20-,38-/m0/s1. The lowest BCUT2D eigenvalue weighted by Crippen LogP contribution is -2.35. The number of nitrogens with two attached hydrogens (primary N) is 1. The normalized spacial score (nSPS) is 28.6. The fourth-order valence-corrected chi connectivity index (χ4v) is 6.73. The molecule has 38 heavy (non-hydrogen) atoms. The van der Waals surface area contributed by atoms with Crippen molar-refractivity contribution in [1.82, 2.24) is 24.6 Å². The van der Waals surface area contributed by atoms with Crippen LogP contribution in [0, 0.1) is 11.8 Å². The minimum absolute atomic E-state index is 0.0501. The molecule has 0 amide bonds. The van der Waals surface area contributed by atoms with Gasteiger partial charge in [0.15, 0.2) is 17.3 Å². The second-order valence-corrected chi connectivity index (χ2v) is 11.7. The van der Waals surface area contributed by atoms with E-state index in [4.69, 9.17) is 24.3 Å². The molecule has 0 spiro atoms. The molecule has 1 unspecified atom stereocenters. The number of hydrogen-bond acceptors (Lipinski definition) is 10. The zero-order valence-electron chi connectivity index (χ0n) is 21.4. The third kappa shape index (κ3) is 4.99. The highest BCUT2D eigenvalue weighted by Crippen LogP contribution is 2.53. The number of ether oxygens (including phenoxy) is 2. The number of nitrogen functional groups attached to an aromatic ring is 1. The number of benzene rings is 1. The number of nitrogens with one attached hydrogen (secondary N) is 1. The van der Waals surface area contributed by atoms with Crippen LogP contribution in [-0.2, 0) is 23.4 Å². The van der Waals surface area contributed by atoms with Gasteiger partial charge in [-0.25, -0.2) is 19.5 Å². The predicted octanol–water partition coefficient (Wildman–Crippen LogP) is 3.00. The second-order valence-electron chi connectivity index (χ2n) is 10.0. The Hall–Kier alpha value is -3.09. The number of anilines is 1. The number of carbonyl (C=O) groups is 1. The van der Waals surface area contributed by atoms with Gasteiger partial charge in [0.25, 0.3) is 0 Å². The average Bonchev–Trinajstić information content (AvgIpc) is 3.48. The average molecular weight is 547 g/mol. The Morgan fingerprint density at radius 1 is 1.24 bits per heavy atom. The molecule has 4 N–H and O–H groups in total. The third-order valence-corrected chi connectivity index (χ3v) is 8.62. The number of carboxylic acids is 1. The largest absolute Gasteiger partial charge is 0.480 e. The van der Waals surface area contributed by atoms with Crippen LogP contribution in [0.2, 0.25) is 0 Å². The topological polar surface area (TPSA) is 173 Å². The smallest absolute Gasteiger partial charge is 0.459 e. The molecule has 2 fully saturated rings. The van der Waals surface area contributed by atoms with Gasteiger partial charge in [-0.2, -0.15) is 5.09 Å². The van der Waals surface area contributed by atoms with Crippen molar-refractivity contribution >= 4 is 30.7 Å². The molecule has 7 atom stereocenters. The number of nitrogens with zero attached hydrogens (tertiary/aromatic N) is 4. The summed E-state index contributed by atoms with van der Waals surface area (Å²) in [6.45, 7) is 6.99. The van der Waals surface area contributed by atoms with E-state index in [0.717, 1.165) is 0 Å². The van der Waals surface area contributed by atoms with E-state index in [-0.39, 0.29) is 42.2 Å². The molecule has 13 nitrogen and oxygen atoms in total. The van der Waals surface area contributed by atoms with Gasteiger partial charge in [-0.05, 0) is 38.8 Å². The van der Waals surface area contributed by atoms with Gasteiger partial charge in [-0.3, -0.25) is 9.32 Å². The molecule has 2 aromatic heterocycles. The van der Waals surface area contributed by atoms with Gasteiger partial charge in [0.1, 0.15) is 29.7 Å². The molecule has 1 aliphatic carbocycles. The summed E-state index contributed by atoms with van der Waals surface area (Å²) in [5, 5.41) is 11.9. The van der Waals surface area contributed by atoms with Crippen LogP contribution in [0.4, 0.5) is 5.82 Å². The first-order valence-electron chi connectivity index (χ1n) is 12.3. The summed E-state index contributed by atoms with van der Waals surface area (Å²) in [5.41, 5.74) is 7.06. The first-order valence-corrected chi connectivity index (χ1v) is 13.8. The molecule has 1 aliphatic heterocycles. The summed E-state index contributed by atoms with van der Waals surface area (Å²) in [7, 11) is -4.11. The van der Waals surface area contributed by atoms with Crippen LogP contribution in [0.5, 0.6) is 5.75 Å². The molecule has 2 aliphatic rings. The van der Waals surface area contributed by atoms with E-state index in [1.54, 1.807) is 36.7 Å². The van der Waals surface area contributed by atoms with Crippen LogP contribution in [0.3, 0.4) is 0 Å². The van der Waals surface area contributed by atoms with Gasteiger partial charge in [-0.15, -0.1) is 0 Å². The number of rotatable bonds is 9. The Kier molecular flexibility index (Phi) is 6.91. The van der Waals surface area contributed by atoms with Crippen molar-refractivity contribution in [3.05, 3.63) is 43.0 Å². The highest BCUT2D eigenvalue weighted by molar-refractivity contribution is 7.52. The van der Waals surface area contributed by atoms with Crippen molar-refractivity contribution in [2.75, 3.05) is 12.3 Å². The molecular weight excluding hydrogens is 515 g/mol. The lowest BCUT2D eigenvalue weighted by atomic mass is 9.95. The monoisotopic (exact) mass is 546 g/mol. The van der Waals surface area contributed by atoms with Crippen LogP contribution in [-0.4, -0.2) is 61.2 Å². The van der Waals surface area contributed by atoms with E-state index < -0.39 is 31.6 Å². The quantitative estimate of drug-likeness (QED) is 0.335. The Morgan fingerprint density at radius 3 is 2.66 bits per heavy atom. The molecule has 3 aromatic rings. The Bertz CT molecular complexity index is 1370. The third-order valence-electron chi connectivity index (χ3n) is 6.97. The van der Waals surface area contributed by atoms with Gasteiger partial charge in [0.2, 0.25) is 0 Å². The highest BCUT2D eigenvalue weighted by atomic mass is 31.2. The van der Waals surface area contributed by atoms with Crippen LogP contribution in [0.25, 0.3) is 11.2 Å². The van der Waals surface area contributed by atoms with Gasteiger partial charge in [0.05, 0.1) is 25.1 Å². The highest BCUT2D eigenvalue weighted by Gasteiger charge is 2.58. The number of aromatic nitrogens is 4. The van der Waals surface area contributed by atoms with Crippen molar-refractivity contribution in [2.24, 2.45) is 11.8 Å². The molecule has 1 saturated heterocycles. The lowest BCUT2D eigenvalue weighted by molar-refractivity contribution is -0.166. The van der Waals surface area contributed by atoms with Crippen molar-refractivity contribution in [3.63, 3.8) is 0 Å². The lowest BCUT2D eigenvalue weighted by Gasteiger charge is -2.30. The zero-order valence-corrected chi connectivity index (χ0v) is 22.3. The van der Waals surface area contributed by atoms with E-state index in [0.29, 0.717) is 11.2 Å². The molecular formula is C24H31N6O7P. The molecule has 1 saturated carbocycles. The molecule has 204 valence electrons. The van der Waals surface area contributed by atoms with Crippen molar-refractivity contribution < 1.29 is 33.0 Å². The Morgan fingerprint density at radius 2 is 1.95 bits per heavy atom. The van der Waals surface area contributed by atoms with E-state index in [1.165, 1.54) is 13.3 Å². The number of hydrogen-bond donors (Lipinski definition) is 3. The van der Waals surface area contributed by atoms with Gasteiger partial charge in [0, 0.05) is 5.92 Å². The minimum Gasteiger partial charge on any atom is -0.480 e. The Balaban J connectivity index is 1.44. The van der Waals surface area contributed by atoms with E-state index >= 15 is 0 Å². The van der Waals surface area contributed by atoms with E-state index in [2.05, 4.69) is 20.0 Å². The molecule has 5 rings (SSSR count). The predicted molar refractivity (Wildman–Crippen MR) is 136 cm³/mol. The SMILES string of the molecule is CC1[C@@H](n2cnc3c(N)ncnc32)[C@@H]2OC(C)(C)O[C@@H]2[C@H]1CO[P@@](=O)(N[C@@H](C)C(=O)O)Oc1ccccc1. The number of para-hydroxylation sites is 1. The maximum absolute atomic E-state index is 13.8. The molecule has 14 heteroatoms. The van der Waals surface area contributed by atoms with Crippen LogP contribution in [0.1, 0.15) is 33.7 Å². The second kappa shape index (κ2) is 9.90. The number of fused-ring (bicyclic) bond motifs is 2. The summed E-state index contributed by atoms with van der Waals surface area (Å²) in [5.74, 6) is -1.91. The van der Waals surface area contributed by atoms with Crippen LogP contribution in [0.15, 0.2) is 43.0 Å². The van der Waals surface area contributed by atoms with Crippen molar-refractivity contribution in [2.45, 2.75) is 57.8 Å². The zero-order chi connectivity index (χ0) is 27.2. The fraction of sp³-hybridized carbons (Fsp3) is 0.500. The maximum Gasteiger partial charge on any atom is 0.459 e. The van der Waals surface area contributed by atoms with Crippen LogP contribution >= 0.6 is 7.75 Å². The fourth-order valence-electron chi connectivity index (χ4n) is 5.20. The van der Waals surface area contributed by atoms with Gasteiger partial charge >= 0.3 is 13.7 Å². The number of imidazole rings is 1. The molecule has 1 aromatic carbocycles. The Labute approximate surface area is 219 Å². The summed E-state index contributed by atoms with van der Waals surface area (Å²) in [6, 6.07) is 7.00. The first kappa shape index (κ1) is 26.5. The maximum atomic E-state index is 13.8. The van der Waals surface area contributed by atoms with Gasteiger partial charge in [-0.1, -0.05) is 25.1 Å². The first-order chi connectivity index (χ1) is 18.0. The summed E-state index contributed by atoms with van der Waals surface area (Å²) < 4.78 is 39.9. The molecule has 0 bridgehead atoms. The minimum atomic E-state index is -4.11. The molecule has 0 radical (unpaired) electrons. The summed E-state index contributed by atoms with van der Waals surface area (Å²) in [6.07, 6.45) is 2.24. The summed E-state index contributed by atoms with van der Waals surface area (Å²) >= 11 is 0.